The zero-order valence-electron chi connectivity index (χ0n) is 22.7. The molecule has 2 aromatic rings. The predicted molar refractivity (Wildman–Crippen MR) is 151 cm³/mol. The zero-order valence-corrected chi connectivity index (χ0v) is 24.3. The van der Waals surface area contributed by atoms with Gasteiger partial charge in [0.05, 0.1) is 36.2 Å². The molecule has 212 valence electrons. The summed E-state index contributed by atoms with van der Waals surface area (Å²) in [6.07, 6.45) is 5.17. The number of carboxylic acids is 1. The smallest absolute Gasteiger partial charge is 0.324 e. The third kappa shape index (κ3) is 4.60. The number of methoxy groups -OCH3 is 2. The molecule has 1 aliphatic carbocycles. The Morgan fingerprint density at radius 1 is 1.05 bits per heavy atom. The van der Waals surface area contributed by atoms with Crippen molar-refractivity contribution in [3.05, 3.63) is 52.0 Å². The van der Waals surface area contributed by atoms with Crippen LogP contribution in [-0.2, 0) is 14.4 Å². The number of ether oxygens (including phenoxy) is 2. The first-order valence-electron chi connectivity index (χ1n) is 13.5. The van der Waals surface area contributed by atoms with E-state index >= 15 is 0 Å². The van der Waals surface area contributed by atoms with Crippen LogP contribution in [0.4, 0.5) is 5.69 Å². The Kier molecular flexibility index (Phi) is 7.76. The van der Waals surface area contributed by atoms with Gasteiger partial charge >= 0.3 is 5.97 Å². The number of nitrogens with zero attached hydrogens (tertiary/aromatic N) is 1. The van der Waals surface area contributed by atoms with E-state index in [0.29, 0.717) is 32.8 Å². The second-order valence-electron chi connectivity index (χ2n) is 11.0. The number of hydrogen-bond donors (Lipinski definition) is 2. The van der Waals surface area contributed by atoms with Crippen LogP contribution in [0.15, 0.2) is 40.9 Å². The molecule has 40 heavy (non-hydrogen) atoms. The fourth-order valence-corrected chi connectivity index (χ4v) is 7.45. The van der Waals surface area contributed by atoms with Gasteiger partial charge in [0, 0.05) is 11.6 Å². The number of amides is 2. The molecule has 10 heteroatoms. The van der Waals surface area contributed by atoms with Crippen molar-refractivity contribution in [2.75, 3.05) is 19.1 Å². The van der Waals surface area contributed by atoms with E-state index in [1.807, 2.05) is 0 Å². The van der Waals surface area contributed by atoms with Crippen LogP contribution in [-0.4, -0.2) is 48.4 Å². The van der Waals surface area contributed by atoms with Gasteiger partial charge in [-0.1, -0.05) is 32.1 Å². The van der Waals surface area contributed by atoms with E-state index in [1.54, 1.807) is 36.4 Å². The minimum atomic E-state index is -1.63. The van der Waals surface area contributed by atoms with Gasteiger partial charge < -0.3 is 14.6 Å². The molecule has 0 spiro atoms. The van der Waals surface area contributed by atoms with Crippen LogP contribution >= 0.6 is 15.9 Å². The number of fused-ring (bicyclic) bond motifs is 1. The van der Waals surface area contributed by atoms with E-state index in [0.717, 1.165) is 37.0 Å². The number of ketones is 1. The number of aliphatic carboxylic acids is 1. The topological polar surface area (TPSA) is 122 Å². The Balaban J connectivity index is 1.63. The van der Waals surface area contributed by atoms with E-state index in [-0.39, 0.29) is 18.1 Å². The van der Waals surface area contributed by atoms with E-state index in [1.165, 1.54) is 21.1 Å². The summed E-state index contributed by atoms with van der Waals surface area (Å²) in [5.41, 5.74) is -0.243. The van der Waals surface area contributed by atoms with Gasteiger partial charge in [0.1, 0.15) is 5.54 Å². The standard InChI is InChI=1S/C30H33BrN2O7/c1-16(34)18-9-11-20(12-10-18)33-27(35)23-24(28(33)36)30(29(37)38,15-17-7-5-4-6-8-17)32-25(23)19-13-21(31)26(40-3)22(14-19)39-2/h9-14,17,23-25,32H,4-8,15H2,1-3H3,(H,37,38). The largest absolute Gasteiger partial charge is 0.493 e. The van der Waals surface area contributed by atoms with Crippen molar-refractivity contribution in [3.63, 3.8) is 0 Å². The van der Waals surface area contributed by atoms with Gasteiger partial charge in [0.15, 0.2) is 17.3 Å². The first-order chi connectivity index (χ1) is 19.1. The average Bonchev–Trinajstić information content (AvgIpc) is 3.42. The summed E-state index contributed by atoms with van der Waals surface area (Å²) >= 11 is 3.51. The Morgan fingerprint density at radius 2 is 1.73 bits per heavy atom. The summed E-state index contributed by atoms with van der Waals surface area (Å²) in [6.45, 7) is 1.44. The number of imide groups is 1. The van der Waals surface area contributed by atoms with E-state index in [2.05, 4.69) is 21.2 Å². The number of carboxylic acid groups (broad SMARTS) is 1. The Labute approximate surface area is 241 Å². The number of nitrogens with one attached hydrogen (secondary N) is 1. The number of carbonyl (C=O) groups is 4. The number of benzene rings is 2. The second-order valence-corrected chi connectivity index (χ2v) is 11.8. The Bertz CT molecular complexity index is 1350. The lowest BCUT2D eigenvalue weighted by molar-refractivity contribution is -0.150. The molecule has 2 aromatic carbocycles. The summed E-state index contributed by atoms with van der Waals surface area (Å²) < 4.78 is 11.6. The molecule has 0 bridgehead atoms. The normalized spacial score (nSPS) is 26.6. The molecule has 4 atom stereocenters. The number of Topliss-reactive ketones (excluding diaryl/α,β-unsaturated/α-hetero) is 1. The molecule has 2 saturated heterocycles. The molecule has 3 aliphatic rings. The Hall–Kier alpha value is -3.24. The molecular formula is C30H33BrN2O7. The quantitative estimate of drug-likeness (QED) is 0.318. The van der Waals surface area contributed by atoms with Crippen molar-refractivity contribution in [3.8, 4) is 11.5 Å². The molecule has 4 unspecified atom stereocenters. The third-order valence-electron chi connectivity index (χ3n) is 8.72. The van der Waals surface area contributed by atoms with Gasteiger partial charge in [-0.3, -0.25) is 24.5 Å². The molecule has 2 heterocycles. The SMILES string of the molecule is COc1cc(C2NC(CC3CCCCC3)(C(=O)O)C3C(=O)N(c4ccc(C(C)=O)cc4)C(=O)C23)cc(Br)c1OC. The van der Waals surface area contributed by atoms with Crippen molar-refractivity contribution in [2.24, 2.45) is 17.8 Å². The lowest BCUT2D eigenvalue weighted by Crippen LogP contribution is -2.57. The van der Waals surface area contributed by atoms with Crippen molar-refractivity contribution < 1.29 is 33.8 Å². The summed E-state index contributed by atoms with van der Waals surface area (Å²) in [6, 6.07) is 8.99. The summed E-state index contributed by atoms with van der Waals surface area (Å²) in [5.74, 6) is -3.34. The van der Waals surface area contributed by atoms with Crippen LogP contribution in [0, 0.1) is 17.8 Å². The highest BCUT2D eigenvalue weighted by Gasteiger charge is 2.69. The van der Waals surface area contributed by atoms with Gasteiger partial charge in [0.2, 0.25) is 11.8 Å². The second kappa shape index (κ2) is 11.0. The van der Waals surface area contributed by atoms with Crippen molar-refractivity contribution in [1.29, 1.82) is 0 Å². The summed E-state index contributed by atoms with van der Waals surface area (Å²) in [7, 11) is 3.01. The molecule has 0 aromatic heterocycles. The van der Waals surface area contributed by atoms with Crippen LogP contribution < -0.4 is 19.7 Å². The number of rotatable bonds is 8. The number of carbonyl (C=O) groups excluding carboxylic acids is 3. The Morgan fingerprint density at radius 3 is 2.30 bits per heavy atom. The van der Waals surface area contributed by atoms with Crippen molar-refractivity contribution in [1.82, 2.24) is 5.32 Å². The first-order valence-corrected chi connectivity index (χ1v) is 14.3. The highest BCUT2D eigenvalue weighted by molar-refractivity contribution is 9.10. The molecule has 5 rings (SSSR count). The summed E-state index contributed by atoms with van der Waals surface area (Å²) in [4.78, 5) is 54.3. The van der Waals surface area contributed by atoms with Crippen LogP contribution in [0.25, 0.3) is 0 Å². The lowest BCUT2D eigenvalue weighted by Gasteiger charge is -2.35. The van der Waals surface area contributed by atoms with Gasteiger partial charge in [-0.2, -0.15) is 0 Å². The van der Waals surface area contributed by atoms with Crippen LogP contribution in [0.3, 0.4) is 0 Å². The lowest BCUT2D eigenvalue weighted by atomic mass is 9.72. The van der Waals surface area contributed by atoms with Gasteiger partial charge in [-0.05, 0) is 77.2 Å². The highest BCUT2D eigenvalue weighted by Crippen LogP contribution is 2.53. The highest BCUT2D eigenvalue weighted by atomic mass is 79.9. The van der Waals surface area contributed by atoms with Gasteiger partial charge in [0.25, 0.3) is 0 Å². The van der Waals surface area contributed by atoms with Crippen molar-refractivity contribution in [2.45, 2.75) is 57.0 Å². The third-order valence-corrected chi connectivity index (χ3v) is 9.31. The maximum atomic E-state index is 14.1. The maximum absolute atomic E-state index is 14.1. The number of halogens is 1. The van der Waals surface area contributed by atoms with Crippen LogP contribution in [0.5, 0.6) is 11.5 Å². The van der Waals surface area contributed by atoms with Crippen LogP contribution in [0.1, 0.15) is 67.4 Å². The molecule has 9 nitrogen and oxygen atoms in total. The van der Waals surface area contributed by atoms with Crippen LogP contribution in [0.2, 0.25) is 0 Å². The molecule has 2 N–H and O–H groups in total. The maximum Gasteiger partial charge on any atom is 0.324 e. The van der Waals surface area contributed by atoms with E-state index in [4.69, 9.17) is 9.47 Å². The minimum absolute atomic E-state index is 0.126. The first kappa shape index (κ1) is 28.3. The molecule has 3 fully saturated rings. The molecule has 0 radical (unpaired) electrons. The van der Waals surface area contributed by atoms with E-state index < -0.39 is 41.2 Å². The minimum Gasteiger partial charge on any atom is -0.493 e. The molecule has 1 saturated carbocycles. The molecule has 2 aliphatic heterocycles. The predicted octanol–water partition coefficient (Wildman–Crippen LogP) is 4.91. The summed E-state index contributed by atoms with van der Waals surface area (Å²) in [5, 5.41) is 14.1. The van der Waals surface area contributed by atoms with Gasteiger partial charge in [-0.25, -0.2) is 4.90 Å². The van der Waals surface area contributed by atoms with E-state index in [9.17, 15) is 24.3 Å². The average molecular weight is 614 g/mol. The fraction of sp³-hybridized carbons (Fsp3) is 0.467. The molecular weight excluding hydrogens is 580 g/mol. The van der Waals surface area contributed by atoms with Crippen molar-refractivity contribution >= 4 is 45.2 Å². The number of hydrogen-bond acceptors (Lipinski definition) is 7. The van der Waals surface area contributed by atoms with Gasteiger partial charge in [-0.15, -0.1) is 0 Å². The molecule has 2 amide bonds. The number of anilines is 1. The zero-order chi connectivity index (χ0) is 28.8. The monoisotopic (exact) mass is 612 g/mol. The fourth-order valence-electron chi connectivity index (χ4n) is 6.82.